The molecule has 1 saturated carbocycles. The second-order valence-corrected chi connectivity index (χ2v) is 6.79. The number of carbonyl (C=O) groups is 1. The van der Waals surface area contributed by atoms with E-state index < -0.39 is 0 Å². The van der Waals surface area contributed by atoms with Gasteiger partial charge in [-0.05, 0) is 43.2 Å². The molecule has 0 bridgehead atoms. The van der Waals surface area contributed by atoms with E-state index in [2.05, 4.69) is 25.8 Å². The number of hydrogen-bond donors (Lipinski definition) is 1. The molecule has 1 heterocycles. The Bertz CT molecular complexity index is 883. The lowest BCUT2D eigenvalue weighted by Crippen LogP contribution is -2.20. The van der Waals surface area contributed by atoms with E-state index in [0.29, 0.717) is 12.5 Å². The molecule has 0 aliphatic heterocycles. The molecule has 0 spiro atoms. The highest BCUT2D eigenvalue weighted by molar-refractivity contribution is 9.10. The summed E-state index contributed by atoms with van der Waals surface area (Å²) >= 11 is 3.42. The van der Waals surface area contributed by atoms with Crippen LogP contribution in [0, 0.1) is 0 Å². The van der Waals surface area contributed by atoms with Crippen LogP contribution in [-0.2, 0) is 11.3 Å². The van der Waals surface area contributed by atoms with Gasteiger partial charge < -0.3 is 9.88 Å². The van der Waals surface area contributed by atoms with Crippen molar-refractivity contribution in [2.24, 2.45) is 0 Å². The first kappa shape index (κ1) is 14.5. The molecule has 1 aliphatic carbocycles. The predicted octanol–water partition coefficient (Wildman–Crippen LogP) is 4.31. The van der Waals surface area contributed by atoms with Gasteiger partial charge in [-0.3, -0.25) is 4.79 Å². The van der Waals surface area contributed by atoms with Crippen LogP contribution in [0.3, 0.4) is 0 Å². The van der Waals surface area contributed by atoms with E-state index in [1.165, 1.54) is 0 Å². The average molecular weight is 370 g/mol. The minimum Gasteiger partial charge on any atom is -0.324 e. The largest absolute Gasteiger partial charge is 0.324 e. The third kappa shape index (κ3) is 3.01. The quantitative estimate of drug-likeness (QED) is 0.744. The number of carbonyl (C=O) groups excluding carboxylic acids is 1. The summed E-state index contributed by atoms with van der Waals surface area (Å²) in [6, 6.07) is 15.6. The fourth-order valence-corrected chi connectivity index (χ4v) is 3.22. The Labute approximate surface area is 142 Å². The first-order chi connectivity index (χ1) is 11.2. The van der Waals surface area contributed by atoms with Crippen LogP contribution < -0.4 is 5.32 Å². The lowest BCUT2D eigenvalue weighted by Gasteiger charge is -2.10. The normalized spacial score (nSPS) is 14.1. The van der Waals surface area contributed by atoms with Crippen molar-refractivity contribution in [1.82, 2.24) is 9.55 Å². The summed E-state index contributed by atoms with van der Waals surface area (Å²) < 4.78 is 3.00. The Morgan fingerprint density at radius 2 is 2.04 bits per heavy atom. The average Bonchev–Trinajstić information content (AvgIpc) is 3.31. The molecule has 0 saturated heterocycles. The van der Waals surface area contributed by atoms with E-state index in [1.807, 2.05) is 48.5 Å². The van der Waals surface area contributed by atoms with Crippen LogP contribution in [0.15, 0.2) is 53.0 Å². The fraction of sp³-hybridized carbons (Fsp3) is 0.222. The molecule has 0 radical (unpaired) electrons. The lowest BCUT2D eigenvalue weighted by molar-refractivity contribution is -0.116. The molecule has 1 aromatic heterocycles. The number of hydrogen-bond acceptors (Lipinski definition) is 2. The summed E-state index contributed by atoms with van der Waals surface area (Å²) in [6.07, 6.45) is 2.33. The van der Waals surface area contributed by atoms with Gasteiger partial charge in [0.2, 0.25) is 5.91 Å². The Balaban J connectivity index is 1.61. The van der Waals surface area contributed by atoms with Gasteiger partial charge in [0.1, 0.15) is 12.4 Å². The first-order valence-electron chi connectivity index (χ1n) is 7.71. The summed E-state index contributed by atoms with van der Waals surface area (Å²) in [4.78, 5) is 17.2. The zero-order valence-electron chi connectivity index (χ0n) is 12.5. The number of anilines is 1. The Morgan fingerprint density at radius 3 is 2.83 bits per heavy atom. The number of nitrogens with one attached hydrogen (secondary N) is 1. The van der Waals surface area contributed by atoms with E-state index in [-0.39, 0.29) is 5.91 Å². The zero-order chi connectivity index (χ0) is 15.8. The highest BCUT2D eigenvalue weighted by Gasteiger charge is 2.30. The summed E-state index contributed by atoms with van der Waals surface area (Å²) in [5.74, 6) is 1.50. The summed E-state index contributed by atoms with van der Waals surface area (Å²) in [5, 5.41) is 2.95. The number of nitrogens with zero attached hydrogens (tertiary/aromatic N) is 2. The molecule has 0 atom stereocenters. The smallest absolute Gasteiger partial charge is 0.244 e. The molecule has 23 heavy (non-hydrogen) atoms. The minimum atomic E-state index is -0.0341. The number of amides is 1. The van der Waals surface area contributed by atoms with Crippen LogP contribution in [0.1, 0.15) is 24.6 Å². The molecular formula is C18H16BrN3O. The maximum absolute atomic E-state index is 12.5. The monoisotopic (exact) mass is 369 g/mol. The van der Waals surface area contributed by atoms with E-state index in [0.717, 1.165) is 39.9 Å². The van der Waals surface area contributed by atoms with Crippen molar-refractivity contribution in [2.45, 2.75) is 25.3 Å². The molecule has 4 nitrogen and oxygen atoms in total. The van der Waals surface area contributed by atoms with Gasteiger partial charge in [-0.1, -0.05) is 34.1 Å². The number of rotatable bonds is 4. The third-order valence-electron chi connectivity index (χ3n) is 4.04. The van der Waals surface area contributed by atoms with Crippen molar-refractivity contribution in [3.05, 3.63) is 58.8 Å². The van der Waals surface area contributed by atoms with E-state index in [1.54, 1.807) is 0 Å². The summed E-state index contributed by atoms with van der Waals surface area (Å²) in [5.41, 5.74) is 2.78. The van der Waals surface area contributed by atoms with Gasteiger partial charge in [0.25, 0.3) is 0 Å². The molecule has 1 aliphatic rings. The van der Waals surface area contributed by atoms with Crippen LogP contribution in [0.2, 0.25) is 0 Å². The molecule has 1 N–H and O–H groups in total. The molecule has 116 valence electrons. The molecule has 4 rings (SSSR count). The maximum atomic E-state index is 12.5. The number of halogens is 1. The zero-order valence-corrected chi connectivity index (χ0v) is 14.1. The second-order valence-electron chi connectivity index (χ2n) is 5.88. The SMILES string of the molecule is O=C(Cn1c(C2CC2)nc2ccccc21)Nc1cccc(Br)c1. The first-order valence-corrected chi connectivity index (χ1v) is 8.50. The second kappa shape index (κ2) is 5.81. The maximum Gasteiger partial charge on any atom is 0.244 e. The highest BCUT2D eigenvalue weighted by atomic mass is 79.9. The molecule has 0 unspecified atom stereocenters. The van der Waals surface area contributed by atoms with E-state index >= 15 is 0 Å². The number of aromatic nitrogens is 2. The van der Waals surface area contributed by atoms with Gasteiger partial charge in [-0.25, -0.2) is 4.98 Å². The van der Waals surface area contributed by atoms with Crippen molar-refractivity contribution in [1.29, 1.82) is 0 Å². The van der Waals surface area contributed by atoms with Gasteiger partial charge in [0.15, 0.2) is 0 Å². The Morgan fingerprint density at radius 1 is 1.22 bits per heavy atom. The summed E-state index contributed by atoms with van der Waals surface area (Å²) in [6.45, 7) is 0.291. The van der Waals surface area contributed by atoms with Crippen LogP contribution in [0.4, 0.5) is 5.69 Å². The number of benzene rings is 2. The van der Waals surface area contributed by atoms with Crippen LogP contribution in [0.25, 0.3) is 11.0 Å². The molecular weight excluding hydrogens is 354 g/mol. The predicted molar refractivity (Wildman–Crippen MR) is 94.5 cm³/mol. The standard InChI is InChI=1S/C18H16BrN3O/c19-13-4-3-5-14(10-13)20-17(23)11-22-16-7-2-1-6-15(16)21-18(22)12-8-9-12/h1-7,10,12H,8-9,11H2,(H,20,23). The minimum absolute atomic E-state index is 0.0341. The van der Waals surface area contributed by atoms with E-state index in [9.17, 15) is 4.79 Å². The fourth-order valence-electron chi connectivity index (χ4n) is 2.82. The summed E-state index contributed by atoms with van der Waals surface area (Å²) in [7, 11) is 0. The highest BCUT2D eigenvalue weighted by Crippen LogP contribution is 2.40. The van der Waals surface area contributed by atoms with Crippen LogP contribution >= 0.6 is 15.9 Å². The van der Waals surface area contributed by atoms with Crippen molar-refractivity contribution in [3.63, 3.8) is 0 Å². The van der Waals surface area contributed by atoms with Gasteiger partial charge >= 0.3 is 0 Å². The van der Waals surface area contributed by atoms with Gasteiger partial charge in [0, 0.05) is 16.1 Å². The number of imidazole rings is 1. The van der Waals surface area contributed by atoms with Gasteiger partial charge in [-0.2, -0.15) is 0 Å². The Kier molecular flexibility index (Phi) is 3.65. The van der Waals surface area contributed by atoms with Crippen molar-refractivity contribution < 1.29 is 4.79 Å². The third-order valence-corrected chi connectivity index (χ3v) is 4.53. The lowest BCUT2D eigenvalue weighted by atomic mass is 10.3. The molecule has 2 aromatic carbocycles. The number of para-hydroxylation sites is 2. The van der Waals surface area contributed by atoms with Crippen molar-refractivity contribution >= 4 is 38.6 Å². The molecule has 5 heteroatoms. The number of fused-ring (bicyclic) bond motifs is 1. The molecule has 1 amide bonds. The van der Waals surface area contributed by atoms with Crippen LogP contribution in [-0.4, -0.2) is 15.5 Å². The van der Waals surface area contributed by atoms with E-state index in [4.69, 9.17) is 4.98 Å². The Hall–Kier alpha value is -2.14. The van der Waals surface area contributed by atoms with Crippen LogP contribution in [0.5, 0.6) is 0 Å². The van der Waals surface area contributed by atoms with Gasteiger partial charge in [-0.15, -0.1) is 0 Å². The van der Waals surface area contributed by atoms with Gasteiger partial charge in [0.05, 0.1) is 11.0 Å². The molecule has 3 aromatic rings. The van der Waals surface area contributed by atoms with Crippen molar-refractivity contribution in [2.75, 3.05) is 5.32 Å². The topological polar surface area (TPSA) is 46.9 Å². The van der Waals surface area contributed by atoms with Crippen molar-refractivity contribution in [3.8, 4) is 0 Å². The molecule has 1 fully saturated rings.